The van der Waals surface area contributed by atoms with Gasteiger partial charge in [-0.3, -0.25) is 0 Å². The maximum Gasteiger partial charge on any atom is 0.0541 e. The SMILES string of the molecule is CS(C1CCCCC1)(C1CCCCC1)C1CCC(O)CC1. The van der Waals surface area contributed by atoms with Crippen LogP contribution in [0.2, 0.25) is 0 Å². The fourth-order valence-corrected chi connectivity index (χ4v) is 11.1. The summed E-state index contributed by atoms with van der Waals surface area (Å²) in [4.78, 5) is 0. The van der Waals surface area contributed by atoms with E-state index in [1.807, 2.05) is 0 Å². The third-order valence-corrected chi connectivity index (χ3v) is 12.6. The summed E-state index contributed by atoms with van der Waals surface area (Å²) >= 11 is 0. The summed E-state index contributed by atoms with van der Waals surface area (Å²) in [6.07, 6.45) is 22.7. The lowest BCUT2D eigenvalue weighted by atomic mass is 9.97. The zero-order valence-electron chi connectivity index (χ0n) is 14.1. The Kier molecular flexibility index (Phi) is 5.59. The minimum Gasteiger partial charge on any atom is -0.393 e. The monoisotopic (exact) mass is 312 g/mol. The number of hydrogen-bond donors (Lipinski definition) is 1. The van der Waals surface area contributed by atoms with Gasteiger partial charge in [-0.05, 0) is 73.4 Å². The first-order valence-electron chi connectivity index (χ1n) is 9.64. The predicted octanol–water partition coefficient (Wildman–Crippen LogP) is 5.39. The first-order valence-corrected chi connectivity index (χ1v) is 11.9. The Hall–Kier alpha value is 0.310. The molecule has 0 radical (unpaired) electrons. The van der Waals surface area contributed by atoms with Crippen molar-refractivity contribution in [3.8, 4) is 0 Å². The molecule has 3 fully saturated rings. The van der Waals surface area contributed by atoms with Crippen LogP contribution in [0.4, 0.5) is 0 Å². The zero-order chi connectivity index (χ0) is 14.7. The summed E-state index contributed by atoms with van der Waals surface area (Å²) in [5, 5.41) is 13.0. The van der Waals surface area contributed by atoms with E-state index in [1.54, 1.807) is 0 Å². The highest BCUT2D eigenvalue weighted by Gasteiger charge is 2.43. The Balaban J connectivity index is 1.78. The second-order valence-corrected chi connectivity index (χ2v) is 12.3. The van der Waals surface area contributed by atoms with E-state index < -0.39 is 10.0 Å². The summed E-state index contributed by atoms with van der Waals surface area (Å²) < 4.78 is 0. The first kappa shape index (κ1) is 16.2. The van der Waals surface area contributed by atoms with E-state index in [-0.39, 0.29) is 6.10 Å². The lowest BCUT2D eigenvalue weighted by Gasteiger charge is -2.58. The molecule has 0 heterocycles. The molecule has 0 amide bonds. The van der Waals surface area contributed by atoms with Crippen LogP contribution < -0.4 is 0 Å². The van der Waals surface area contributed by atoms with E-state index >= 15 is 0 Å². The van der Waals surface area contributed by atoms with Crippen molar-refractivity contribution in [2.75, 3.05) is 6.26 Å². The van der Waals surface area contributed by atoms with E-state index in [2.05, 4.69) is 6.26 Å². The van der Waals surface area contributed by atoms with Gasteiger partial charge in [-0.1, -0.05) is 38.5 Å². The number of aliphatic hydroxyl groups is 1. The zero-order valence-corrected chi connectivity index (χ0v) is 14.9. The van der Waals surface area contributed by atoms with Gasteiger partial charge in [0, 0.05) is 0 Å². The average Bonchev–Trinajstić information content (AvgIpc) is 2.56. The number of rotatable bonds is 3. The molecule has 0 aromatic rings. The average molecular weight is 313 g/mol. The van der Waals surface area contributed by atoms with Gasteiger partial charge in [0.25, 0.3) is 0 Å². The molecule has 124 valence electrons. The highest BCUT2D eigenvalue weighted by molar-refractivity contribution is 8.34. The van der Waals surface area contributed by atoms with E-state index in [0.29, 0.717) is 0 Å². The maximum atomic E-state index is 9.92. The second kappa shape index (κ2) is 7.25. The second-order valence-electron chi connectivity index (χ2n) is 8.07. The van der Waals surface area contributed by atoms with Crippen molar-refractivity contribution in [1.29, 1.82) is 0 Å². The molecule has 1 nitrogen and oxygen atoms in total. The fourth-order valence-electron chi connectivity index (χ4n) is 5.52. The van der Waals surface area contributed by atoms with Gasteiger partial charge in [-0.15, -0.1) is 0 Å². The summed E-state index contributed by atoms with van der Waals surface area (Å²) in [5.41, 5.74) is 0. The molecular formula is C19H36OS. The standard InChI is InChI=1S/C19H36OS/c1-21(17-8-4-2-5-9-17,18-10-6-3-7-11-18)19-14-12-16(20)13-15-19/h16-20H,2-15H2,1H3. The van der Waals surface area contributed by atoms with Crippen molar-refractivity contribution >= 4 is 10.0 Å². The molecule has 3 saturated carbocycles. The molecule has 0 atom stereocenters. The van der Waals surface area contributed by atoms with Crippen LogP contribution >= 0.6 is 10.0 Å². The fraction of sp³-hybridized carbons (Fsp3) is 1.00. The van der Waals surface area contributed by atoms with Crippen LogP contribution in [-0.4, -0.2) is 33.2 Å². The molecule has 3 aliphatic carbocycles. The van der Waals surface area contributed by atoms with Crippen LogP contribution in [0.15, 0.2) is 0 Å². The molecule has 0 aromatic heterocycles. The third kappa shape index (κ3) is 3.47. The van der Waals surface area contributed by atoms with Crippen molar-refractivity contribution < 1.29 is 5.11 Å². The van der Waals surface area contributed by atoms with Gasteiger partial charge in [-0.25, -0.2) is 10.0 Å². The Morgan fingerprint density at radius 2 is 0.952 bits per heavy atom. The molecule has 3 aliphatic rings. The van der Waals surface area contributed by atoms with Gasteiger partial charge in [0.1, 0.15) is 0 Å². The van der Waals surface area contributed by atoms with Gasteiger partial charge < -0.3 is 5.11 Å². The minimum absolute atomic E-state index is 0.0163. The molecule has 0 aliphatic heterocycles. The largest absolute Gasteiger partial charge is 0.393 e. The molecule has 1 N–H and O–H groups in total. The quantitative estimate of drug-likeness (QED) is 0.741. The van der Waals surface area contributed by atoms with Gasteiger partial charge in [-0.2, -0.15) is 0 Å². The van der Waals surface area contributed by atoms with Gasteiger partial charge in [0.2, 0.25) is 0 Å². The van der Waals surface area contributed by atoms with E-state index in [4.69, 9.17) is 0 Å². The van der Waals surface area contributed by atoms with Crippen molar-refractivity contribution in [3.05, 3.63) is 0 Å². The number of aliphatic hydroxyl groups excluding tert-OH is 1. The van der Waals surface area contributed by atoms with Crippen molar-refractivity contribution in [2.45, 2.75) is 112 Å². The van der Waals surface area contributed by atoms with Crippen LogP contribution in [0, 0.1) is 0 Å². The summed E-state index contributed by atoms with van der Waals surface area (Å²) in [6, 6.07) is 0. The summed E-state index contributed by atoms with van der Waals surface area (Å²) in [7, 11) is -0.479. The van der Waals surface area contributed by atoms with Crippen LogP contribution in [0.3, 0.4) is 0 Å². The molecular weight excluding hydrogens is 276 g/mol. The lowest BCUT2D eigenvalue weighted by Crippen LogP contribution is -2.40. The molecule has 0 aromatic carbocycles. The third-order valence-electron chi connectivity index (χ3n) is 6.90. The van der Waals surface area contributed by atoms with E-state index in [9.17, 15) is 5.11 Å². The van der Waals surface area contributed by atoms with Crippen LogP contribution in [0.5, 0.6) is 0 Å². The topological polar surface area (TPSA) is 20.2 Å². The molecule has 2 heteroatoms. The normalized spacial score (nSPS) is 34.8. The Morgan fingerprint density at radius 3 is 1.38 bits per heavy atom. The molecule has 0 unspecified atom stereocenters. The molecule has 0 bridgehead atoms. The maximum absolute atomic E-state index is 9.92. The van der Waals surface area contributed by atoms with Gasteiger partial charge >= 0.3 is 0 Å². The Labute approximate surface area is 133 Å². The van der Waals surface area contributed by atoms with Crippen molar-refractivity contribution in [3.63, 3.8) is 0 Å². The Bertz CT molecular complexity index is 292. The highest BCUT2D eigenvalue weighted by atomic mass is 32.3. The smallest absolute Gasteiger partial charge is 0.0541 e. The van der Waals surface area contributed by atoms with E-state index in [0.717, 1.165) is 28.6 Å². The highest BCUT2D eigenvalue weighted by Crippen LogP contribution is 2.66. The summed E-state index contributed by atoms with van der Waals surface area (Å²) in [6.45, 7) is 0. The minimum atomic E-state index is -0.479. The van der Waals surface area contributed by atoms with Crippen LogP contribution in [-0.2, 0) is 0 Å². The van der Waals surface area contributed by atoms with E-state index in [1.165, 1.54) is 77.0 Å². The van der Waals surface area contributed by atoms with Crippen LogP contribution in [0.25, 0.3) is 0 Å². The van der Waals surface area contributed by atoms with Crippen LogP contribution in [0.1, 0.15) is 89.9 Å². The first-order chi connectivity index (χ1) is 10.2. The van der Waals surface area contributed by atoms with Crippen molar-refractivity contribution in [2.24, 2.45) is 0 Å². The Morgan fingerprint density at radius 1 is 0.571 bits per heavy atom. The predicted molar refractivity (Wildman–Crippen MR) is 95.5 cm³/mol. The molecule has 3 rings (SSSR count). The lowest BCUT2D eigenvalue weighted by molar-refractivity contribution is 0.131. The molecule has 21 heavy (non-hydrogen) atoms. The molecule has 0 spiro atoms. The molecule has 0 saturated heterocycles. The van der Waals surface area contributed by atoms with Gasteiger partial charge in [0.05, 0.1) is 6.10 Å². The van der Waals surface area contributed by atoms with Crippen molar-refractivity contribution in [1.82, 2.24) is 0 Å². The number of hydrogen-bond acceptors (Lipinski definition) is 1. The van der Waals surface area contributed by atoms with Gasteiger partial charge in [0.15, 0.2) is 0 Å². The summed E-state index contributed by atoms with van der Waals surface area (Å²) in [5.74, 6) is 0.